The van der Waals surface area contributed by atoms with Gasteiger partial charge in [-0.15, -0.1) is 11.3 Å². The maximum absolute atomic E-state index is 4.33. The first-order valence-corrected chi connectivity index (χ1v) is 6.97. The number of thiazole rings is 1. The van der Waals surface area contributed by atoms with E-state index in [1.54, 1.807) is 23.7 Å². The summed E-state index contributed by atoms with van der Waals surface area (Å²) in [5.74, 6) is 0.839. The molecule has 5 nitrogen and oxygen atoms in total. The standard InChI is InChI=1S/C12H15N5S/c1-2-13-12(14-3-1)17-6-4-16(5-7-17)8-11-9-18-10-15-11/h1-3,9-10H,4-8H2. The van der Waals surface area contributed by atoms with E-state index in [0.717, 1.165) is 38.7 Å². The summed E-state index contributed by atoms with van der Waals surface area (Å²) in [5, 5.41) is 2.12. The molecule has 1 aliphatic rings. The van der Waals surface area contributed by atoms with Gasteiger partial charge >= 0.3 is 0 Å². The van der Waals surface area contributed by atoms with Gasteiger partial charge in [-0.05, 0) is 6.07 Å². The number of aromatic nitrogens is 3. The van der Waals surface area contributed by atoms with Crippen molar-refractivity contribution in [3.05, 3.63) is 35.0 Å². The van der Waals surface area contributed by atoms with Crippen molar-refractivity contribution in [2.45, 2.75) is 6.54 Å². The summed E-state index contributed by atoms with van der Waals surface area (Å²) < 4.78 is 0. The summed E-state index contributed by atoms with van der Waals surface area (Å²) in [6, 6.07) is 1.85. The average Bonchev–Trinajstić information content (AvgIpc) is 2.94. The van der Waals surface area contributed by atoms with Gasteiger partial charge in [-0.25, -0.2) is 15.0 Å². The highest BCUT2D eigenvalue weighted by molar-refractivity contribution is 7.07. The van der Waals surface area contributed by atoms with Gasteiger partial charge in [0.05, 0.1) is 11.2 Å². The highest BCUT2D eigenvalue weighted by atomic mass is 32.1. The molecule has 0 amide bonds. The summed E-state index contributed by atoms with van der Waals surface area (Å²) in [5.41, 5.74) is 3.06. The van der Waals surface area contributed by atoms with Gasteiger partial charge in [0.1, 0.15) is 0 Å². The average molecular weight is 261 g/mol. The zero-order valence-corrected chi connectivity index (χ0v) is 10.9. The Hall–Kier alpha value is -1.53. The maximum Gasteiger partial charge on any atom is 0.225 e. The highest BCUT2D eigenvalue weighted by Gasteiger charge is 2.18. The van der Waals surface area contributed by atoms with Crippen LogP contribution in [0.15, 0.2) is 29.4 Å². The Bertz CT molecular complexity index is 464. The number of anilines is 1. The van der Waals surface area contributed by atoms with Crippen LogP contribution >= 0.6 is 11.3 Å². The summed E-state index contributed by atoms with van der Waals surface area (Å²) in [6.07, 6.45) is 3.59. The Morgan fingerprint density at radius 1 is 1.06 bits per heavy atom. The fourth-order valence-electron chi connectivity index (χ4n) is 2.11. The third kappa shape index (κ3) is 2.65. The largest absolute Gasteiger partial charge is 0.338 e. The molecule has 0 spiro atoms. The van der Waals surface area contributed by atoms with Crippen molar-refractivity contribution >= 4 is 17.3 Å². The minimum Gasteiger partial charge on any atom is -0.338 e. The fraction of sp³-hybridized carbons (Fsp3) is 0.417. The van der Waals surface area contributed by atoms with E-state index in [0.29, 0.717) is 0 Å². The number of nitrogens with zero attached hydrogens (tertiary/aromatic N) is 5. The van der Waals surface area contributed by atoms with Gasteiger partial charge in [0, 0.05) is 50.5 Å². The SMILES string of the molecule is c1cnc(N2CCN(Cc3cscn3)CC2)nc1. The lowest BCUT2D eigenvalue weighted by Gasteiger charge is -2.34. The molecule has 1 saturated heterocycles. The molecule has 0 N–H and O–H groups in total. The molecular formula is C12H15N5S. The van der Waals surface area contributed by atoms with Crippen LogP contribution in [0.4, 0.5) is 5.95 Å². The van der Waals surface area contributed by atoms with Crippen molar-refractivity contribution in [3.63, 3.8) is 0 Å². The molecule has 6 heteroatoms. The lowest BCUT2D eigenvalue weighted by atomic mass is 10.3. The predicted molar refractivity (Wildman–Crippen MR) is 71.6 cm³/mol. The first kappa shape index (κ1) is 11.6. The molecule has 18 heavy (non-hydrogen) atoms. The zero-order chi connectivity index (χ0) is 12.2. The molecule has 0 bridgehead atoms. The van der Waals surface area contributed by atoms with Crippen LogP contribution in [0.2, 0.25) is 0 Å². The van der Waals surface area contributed by atoms with E-state index in [1.165, 1.54) is 5.69 Å². The minimum atomic E-state index is 0.839. The van der Waals surface area contributed by atoms with Crippen molar-refractivity contribution in [1.82, 2.24) is 19.9 Å². The zero-order valence-electron chi connectivity index (χ0n) is 10.1. The van der Waals surface area contributed by atoms with Crippen molar-refractivity contribution in [2.75, 3.05) is 31.1 Å². The van der Waals surface area contributed by atoms with Gasteiger partial charge < -0.3 is 4.90 Å². The molecule has 0 atom stereocenters. The van der Waals surface area contributed by atoms with E-state index in [-0.39, 0.29) is 0 Å². The summed E-state index contributed by atoms with van der Waals surface area (Å²) in [6.45, 7) is 4.99. The van der Waals surface area contributed by atoms with E-state index in [9.17, 15) is 0 Å². The lowest BCUT2D eigenvalue weighted by Crippen LogP contribution is -2.46. The fourth-order valence-corrected chi connectivity index (χ4v) is 2.65. The van der Waals surface area contributed by atoms with Crippen molar-refractivity contribution in [1.29, 1.82) is 0 Å². The van der Waals surface area contributed by atoms with E-state index in [2.05, 4.69) is 30.1 Å². The molecule has 0 aromatic carbocycles. The van der Waals surface area contributed by atoms with Crippen LogP contribution in [0.5, 0.6) is 0 Å². The number of hydrogen-bond acceptors (Lipinski definition) is 6. The smallest absolute Gasteiger partial charge is 0.225 e. The van der Waals surface area contributed by atoms with E-state index < -0.39 is 0 Å². The van der Waals surface area contributed by atoms with Gasteiger partial charge in [-0.1, -0.05) is 0 Å². The molecule has 2 aromatic heterocycles. The second-order valence-corrected chi connectivity index (χ2v) is 5.01. The number of hydrogen-bond donors (Lipinski definition) is 0. The molecule has 1 fully saturated rings. The Kier molecular flexibility index (Phi) is 3.47. The minimum absolute atomic E-state index is 0.839. The van der Waals surface area contributed by atoms with Gasteiger partial charge in [0.25, 0.3) is 0 Å². The Morgan fingerprint density at radius 3 is 2.50 bits per heavy atom. The van der Waals surface area contributed by atoms with Crippen molar-refractivity contribution in [2.24, 2.45) is 0 Å². The molecule has 0 unspecified atom stereocenters. The van der Waals surface area contributed by atoms with E-state index in [1.807, 2.05) is 11.6 Å². The normalized spacial score (nSPS) is 17.0. The third-order valence-corrected chi connectivity index (χ3v) is 3.71. The lowest BCUT2D eigenvalue weighted by molar-refractivity contribution is 0.246. The topological polar surface area (TPSA) is 45.2 Å². The predicted octanol–water partition coefficient (Wildman–Crippen LogP) is 1.26. The molecule has 0 radical (unpaired) electrons. The van der Waals surface area contributed by atoms with Crippen LogP contribution in [0.25, 0.3) is 0 Å². The molecule has 3 heterocycles. The van der Waals surface area contributed by atoms with Crippen LogP contribution in [0.3, 0.4) is 0 Å². The van der Waals surface area contributed by atoms with Gasteiger partial charge in [0.15, 0.2) is 0 Å². The first-order valence-electron chi connectivity index (χ1n) is 6.03. The Morgan fingerprint density at radius 2 is 1.83 bits per heavy atom. The van der Waals surface area contributed by atoms with Crippen molar-refractivity contribution in [3.8, 4) is 0 Å². The molecule has 1 aliphatic heterocycles. The summed E-state index contributed by atoms with van der Waals surface area (Å²) >= 11 is 1.66. The number of rotatable bonds is 3. The van der Waals surface area contributed by atoms with Gasteiger partial charge in [0.2, 0.25) is 5.95 Å². The molecule has 0 saturated carbocycles. The van der Waals surface area contributed by atoms with Crippen LogP contribution < -0.4 is 4.90 Å². The van der Waals surface area contributed by atoms with Crippen LogP contribution in [0.1, 0.15) is 5.69 Å². The number of piperazine rings is 1. The maximum atomic E-state index is 4.33. The second kappa shape index (κ2) is 5.41. The Balaban J connectivity index is 1.55. The quantitative estimate of drug-likeness (QED) is 0.832. The van der Waals surface area contributed by atoms with Gasteiger partial charge in [-0.3, -0.25) is 4.90 Å². The molecule has 94 valence electrons. The van der Waals surface area contributed by atoms with E-state index >= 15 is 0 Å². The van der Waals surface area contributed by atoms with Crippen LogP contribution in [-0.2, 0) is 6.54 Å². The third-order valence-electron chi connectivity index (χ3n) is 3.08. The monoisotopic (exact) mass is 261 g/mol. The molecular weight excluding hydrogens is 246 g/mol. The first-order chi connectivity index (χ1) is 8.92. The molecule has 0 aliphatic carbocycles. The van der Waals surface area contributed by atoms with Crippen LogP contribution in [-0.4, -0.2) is 46.0 Å². The molecule has 2 aromatic rings. The summed E-state index contributed by atoms with van der Waals surface area (Å²) in [7, 11) is 0. The highest BCUT2D eigenvalue weighted by Crippen LogP contribution is 2.12. The molecule has 3 rings (SSSR count). The second-order valence-electron chi connectivity index (χ2n) is 4.29. The summed E-state index contributed by atoms with van der Waals surface area (Å²) in [4.78, 5) is 17.6. The van der Waals surface area contributed by atoms with Crippen molar-refractivity contribution < 1.29 is 0 Å². The Labute approximate surface area is 110 Å². The van der Waals surface area contributed by atoms with Gasteiger partial charge in [-0.2, -0.15) is 0 Å². The van der Waals surface area contributed by atoms with Crippen LogP contribution in [0, 0.1) is 0 Å². The van der Waals surface area contributed by atoms with E-state index in [4.69, 9.17) is 0 Å².